The van der Waals surface area contributed by atoms with Crippen LogP contribution in [-0.2, 0) is 15.1 Å². The van der Waals surface area contributed by atoms with Crippen molar-refractivity contribution in [3.8, 4) is 0 Å². The van der Waals surface area contributed by atoms with Gasteiger partial charge in [-0.3, -0.25) is 4.90 Å². The molecule has 1 saturated heterocycles. The van der Waals surface area contributed by atoms with Crippen LogP contribution in [0.1, 0.15) is 36.8 Å². The number of hydrogen-bond donors (Lipinski definition) is 1. The minimum Gasteiger partial charge on any atom is -0.462 e. The first-order valence-corrected chi connectivity index (χ1v) is 11.2. The summed E-state index contributed by atoms with van der Waals surface area (Å²) in [5.74, 6) is -0.646. The summed E-state index contributed by atoms with van der Waals surface area (Å²) < 4.78 is 7.32. The second-order valence-corrected chi connectivity index (χ2v) is 8.95. The second-order valence-electron chi connectivity index (χ2n) is 7.12. The third kappa shape index (κ3) is 6.28. The molecule has 29 heavy (non-hydrogen) atoms. The fraction of sp³-hybridized carbons (Fsp3) is 0.409. The molecule has 4 nitrogen and oxygen atoms in total. The largest absolute Gasteiger partial charge is 0.462 e. The van der Waals surface area contributed by atoms with E-state index in [2.05, 4.69) is 36.8 Å². The maximum Gasteiger partial charge on any atom is 0.347 e. The predicted molar refractivity (Wildman–Crippen MR) is 124 cm³/mol. The Kier molecular flexibility index (Phi) is 9.63. The average Bonchev–Trinajstić information content (AvgIpc) is 2.97. The van der Waals surface area contributed by atoms with Crippen molar-refractivity contribution in [1.82, 2.24) is 4.90 Å². The van der Waals surface area contributed by atoms with E-state index in [-0.39, 0.29) is 19.0 Å². The molecule has 2 aromatic rings. The Morgan fingerprint density at radius 3 is 1.79 bits per heavy atom. The van der Waals surface area contributed by atoms with Crippen LogP contribution < -0.4 is 0 Å². The van der Waals surface area contributed by atoms with Gasteiger partial charge in [-0.2, -0.15) is 0 Å². The Balaban J connectivity index is 0.00000300. The van der Waals surface area contributed by atoms with Gasteiger partial charge in [-0.25, -0.2) is 4.79 Å². The number of rotatable bonds is 6. The van der Waals surface area contributed by atoms with Crippen LogP contribution >= 0.6 is 44.3 Å². The van der Waals surface area contributed by atoms with Gasteiger partial charge >= 0.3 is 5.97 Å². The van der Waals surface area contributed by atoms with Gasteiger partial charge in [0.1, 0.15) is 6.61 Å². The van der Waals surface area contributed by atoms with E-state index in [9.17, 15) is 9.90 Å². The van der Waals surface area contributed by atoms with Crippen molar-refractivity contribution in [2.45, 2.75) is 31.3 Å². The first kappa shape index (κ1) is 24.4. The Morgan fingerprint density at radius 2 is 1.34 bits per heavy atom. The SMILES string of the molecule is Cl.O=C(OCCN1CCCCCC1)C(O)(c1ccc(Br)cc1)c1ccc(Br)cc1. The molecular formula is C22H26Br2ClNO3. The standard InChI is InChI=1S/C22H25Br2NO3.ClH/c23-19-9-5-17(6-10-19)22(27,18-7-11-20(24)12-8-18)21(26)28-16-15-25-13-3-1-2-4-14-25;/h5-12,27H,1-4,13-16H2;1H. The maximum atomic E-state index is 13.0. The highest BCUT2D eigenvalue weighted by molar-refractivity contribution is 9.10. The average molecular weight is 548 g/mol. The lowest BCUT2D eigenvalue weighted by atomic mass is 9.86. The summed E-state index contributed by atoms with van der Waals surface area (Å²) in [4.78, 5) is 15.4. The van der Waals surface area contributed by atoms with Gasteiger partial charge in [0.05, 0.1) is 0 Å². The van der Waals surface area contributed by atoms with E-state index in [0.29, 0.717) is 17.7 Å². The molecule has 1 N–H and O–H groups in total. The molecule has 158 valence electrons. The zero-order chi connectivity index (χ0) is 20.0. The molecule has 0 aliphatic carbocycles. The van der Waals surface area contributed by atoms with Crippen LogP contribution in [0.4, 0.5) is 0 Å². The van der Waals surface area contributed by atoms with Gasteiger partial charge in [-0.15, -0.1) is 12.4 Å². The summed E-state index contributed by atoms with van der Waals surface area (Å²) in [5.41, 5.74) is -0.879. The monoisotopic (exact) mass is 545 g/mol. The van der Waals surface area contributed by atoms with Crippen molar-refractivity contribution in [1.29, 1.82) is 0 Å². The van der Waals surface area contributed by atoms with E-state index >= 15 is 0 Å². The third-order valence-electron chi connectivity index (χ3n) is 5.16. The normalized spacial score (nSPS) is 15.3. The van der Waals surface area contributed by atoms with Crippen molar-refractivity contribution in [3.05, 3.63) is 68.6 Å². The molecule has 0 unspecified atom stereocenters. The summed E-state index contributed by atoms with van der Waals surface area (Å²) in [5, 5.41) is 11.5. The Hall–Kier alpha value is -0.920. The van der Waals surface area contributed by atoms with Crippen molar-refractivity contribution in [2.75, 3.05) is 26.2 Å². The van der Waals surface area contributed by atoms with Gasteiger partial charge < -0.3 is 9.84 Å². The second kappa shape index (κ2) is 11.5. The van der Waals surface area contributed by atoms with Crippen LogP contribution in [-0.4, -0.2) is 42.2 Å². The molecule has 3 rings (SSSR count). The topological polar surface area (TPSA) is 49.8 Å². The number of nitrogens with zero attached hydrogens (tertiary/aromatic N) is 1. The highest BCUT2D eigenvalue weighted by atomic mass is 79.9. The molecule has 0 spiro atoms. The van der Waals surface area contributed by atoms with Crippen LogP contribution in [0.2, 0.25) is 0 Å². The summed E-state index contributed by atoms with van der Waals surface area (Å²) in [6.45, 7) is 3.05. The molecule has 0 radical (unpaired) electrons. The minimum atomic E-state index is -1.85. The summed E-state index contributed by atoms with van der Waals surface area (Å²) in [6, 6.07) is 14.2. The molecule has 0 bridgehead atoms. The van der Waals surface area contributed by atoms with E-state index in [0.717, 1.165) is 22.0 Å². The van der Waals surface area contributed by atoms with Gasteiger partial charge in [-0.05, 0) is 61.3 Å². The molecule has 1 aliphatic rings. The summed E-state index contributed by atoms with van der Waals surface area (Å²) in [6.07, 6.45) is 4.91. The fourth-order valence-electron chi connectivity index (χ4n) is 3.52. The zero-order valence-corrected chi connectivity index (χ0v) is 20.1. The Morgan fingerprint density at radius 1 is 0.897 bits per heavy atom. The first-order chi connectivity index (χ1) is 13.5. The van der Waals surface area contributed by atoms with Gasteiger partial charge in [-0.1, -0.05) is 69.0 Å². The van der Waals surface area contributed by atoms with E-state index < -0.39 is 11.6 Å². The van der Waals surface area contributed by atoms with E-state index in [1.54, 1.807) is 24.3 Å². The molecule has 1 heterocycles. The zero-order valence-electron chi connectivity index (χ0n) is 16.2. The predicted octanol–water partition coefficient (Wildman–Crippen LogP) is 5.29. The van der Waals surface area contributed by atoms with Crippen LogP contribution in [0.15, 0.2) is 57.5 Å². The Bertz CT molecular complexity index is 730. The molecule has 1 aliphatic heterocycles. The number of aliphatic hydroxyl groups is 1. The minimum absolute atomic E-state index is 0. The van der Waals surface area contributed by atoms with E-state index in [4.69, 9.17) is 4.74 Å². The number of halogens is 3. The number of benzene rings is 2. The van der Waals surface area contributed by atoms with E-state index in [1.807, 2.05) is 24.3 Å². The quantitative estimate of drug-likeness (QED) is 0.500. The lowest BCUT2D eigenvalue weighted by molar-refractivity contribution is -0.162. The number of likely N-dealkylation sites (tertiary alicyclic amines) is 1. The number of carbonyl (C=O) groups is 1. The van der Waals surface area contributed by atoms with Crippen LogP contribution in [0, 0.1) is 0 Å². The summed E-state index contributed by atoms with van der Waals surface area (Å²) >= 11 is 6.80. The number of ether oxygens (including phenoxy) is 1. The van der Waals surface area contributed by atoms with Gasteiger partial charge in [0.15, 0.2) is 0 Å². The molecular weight excluding hydrogens is 522 g/mol. The van der Waals surface area contributed by atoms with Crippen molar-refractivity contribution in [3.63, 3.8) is 0 Å². The molecule has 0 amide bonds. The lowest BCUT2D eigenvalue weighted by Crippen LogP contribution is -2.40. The number of esters is 1. The molecule has 0 atom stereocenters. The van der Waals surface area contributed by atoms with Crippen LogP contribution in [0.25, 0.3) is 0 Å². The highest BCUT2D eigenvalue weighted by Gasteiger charge is 2.41. The van der Waals surface area contributed by atoms with Crippen molar-refractivity contribution < 1.29 is 14.6 Å². The molecule has 0 aromatic heterocycles. The number of carbonyl (C=O) groups excluding carboxylic acids is 1. The highest BCUT2D eigenvalue weighted by Crippen LogP contribution is 2.33. The smallest absolute Gasteiger partial charge is 0.347 e. The Labute approximate surface area is 195 Å². The van der Waals surface area contributed by atoms with Crippen LogP contribution in [0.3, 0.4) is 0 Å². The van der Waals surface area contributed by atoms with Crippen molar-refractivity contribution in [2.24, 2.45) is 0 Å². The van der Waals surface area contributed by atoms with Gasteiger partial charge in [0.2, 0.25) is 5.60 Å². The van der Waals surface area contributed by atoms with Crippen molar-refractivity contribution >= 4 is 50.2 Å². The maximum absolute atomic E-state index is 13.0. The van der Waals surface area contributed by atoms with Gasteiger partial charge in [0.25, 0.3) is 0 Å². The fourth-order valence-corrected chi connectivity index (χ4v) is 4.04. The van der Waals surface area contributed by atoms with E-state index in [1.165, 1.54) is 25.7 Å². The lowest BCUT2D eigenvalue weighted by Gasteiger charge is -2.28. The molecule has 2 aromatic carbocycles. The molecule has 7 heteroatoms. The molecule has 1 fully saturated rings. The number of hydrogen-bond acceptors (Lipinski definition) is 4. The summed E-state index contributed by atoms with van der Waals surface area (Å²) in [7, 11) is 0. The third-order valence-corrected chi connectivity index (χ3v) is 6.22. The molecule has 0 saturated carbocycles. The first-order valence-electron chi connectivity index (χ1n) is 9.64. The van der Waals surface area contributed by atoms with Crippen LogP contribution in [0.5, 0.6) is 0 Å². The van der Waals surface area contributed by atoms with Gasteiger partial charge in [0, 0.05) is 15.5 Å².